The van der Waals surface area contributed by atoms with Crippen LogP contribution in [0, 0.1) is 5.41 Å². The molecule has 0 bridgehead atoms. The van der Waals surface area contributed by atoms with Gasteiger partial charge in [-0.05, 0) is 6.92 Å². The maximum Gasteiger partial charge on any atom is 0.0871 e. The van der Waals surface area contributed by atoms with Crippen molar-refractivity contribution in [2.24, 2.45) is 5.41 Å². The number of ether oxygens (including phenoxy) is 1. The Kier molecular flexibility index (Phi) is 1.53. The van der Waals surface area contributed by atoms with E-state index in [0.29, 0.717) is 6.61 Å². The molecule has 0 aromatic rings. The first kappa shape index (κ1) is 7.03. The minimum Gasteiger partial charge on any atom is -0.390 e. The average Bonchev–Trinajstić information content (AvgIpc) is 1.97. The van der Waals surface area contributed by atoms with E-state index in [2.05, 4.69) is 0 Å². The van der Waals surface area contributed by atoms with E-state index in [-0.39, 0.29) is 17.6 Å². The van der Waals surface area contributed by atoms with Gasteiger partial charge in [-0.15, -0.1) is 0 Å². The minimum absolute atomic E-state index is 0.0139. The molecule has 0 aliphatic carbocycles. The molecule has 1 N–H and O–H groups in total. The zero-order valence-electron chi connectivity index (χ0n) is 6.22. The zero-order chi connectivity index (χ0) is 7.07. The molecule has 1 heterocycles. The van der Waals surface area contributed by atoms with Gasteiger partial charge in [0.15, 0.2) is 0 Å². The van der Waals surface area contributed by atoms with Crippen LogP contribution < -0.4 is 0 Å². The molecule has 0 saturated carbocycles. The topological polar surface area (TPSA) is 29.5 Å². The van der Waals surface area contributed by atoms with Crippen molar-refractivity contribution < 1.29 is 9.84 Å². The van der Waals surface area contributed by atoms with Gasteiger partial charge < -0.3 is 9.84 Å². The molecule has 9 heavy (non-hydrogen) atoms. The van der Waals surface area contributed by atoms with Crippen molar-refractivity contribution in [2.45, 2.75) is 33.0 Å². The molecule has 0 amide bonds. The molecule has 2 nitrogen and oxygen atoms in total. The monoisotopic (exact) mass is 130 g/mol. The maximum absolute atomic E-state index is 9.40. The van der Waals surface area contributed by atoms with Crippen LogP contribution in [-0.2, 0) is 4.74 Å². The molecule has 1 rings (SSSR count). The Bertz CT molecular complexity index is 109. The highest BCUT2D eigenvalue weighted by molar-refractivity contribution is 4.87. The molecular weight excluding hydrogens is 116 g/mol. The number of aliphatic hydroxyl groups is 1. The summed E-state index contributed by atoms with van der Waals surface area (Å²) in [5.41, 5.74) is -0.0422. The van der Waals surface area contributed by atoms with E-state index >= 15 is 0 Å². The van der Waals surface area contributed by atoms with Crippen LogP contribution >= 0.6 is 0 Å². The van der Waals surface area contributed by atoms with E-state index in [1.165, 1.54) is 0 Å². The summed E-state index contributed by atoms with van der Waals surface area (Å²) in [4.78, 5) is 0. The quantitative estimate of drug-likeness (QED) is 0.525. The Morgan fingerprint density at radius 1 is 1.56 bits per heavy atom. The zero-order valence-corrected chi connectivity index (χ0v) is 6.22. The fourth-order valence-corrected chi connectivity index (χ4v) is 1.16. The second-order valence-electron chi connectivity index (χ2n) is 3.45. The van der Waals surface area contributed by atoms with Gasteiger partial charge in [-0.2, -0.15) is 0 Å². The molecule has 0 radical (unpaired) electrons. The molecule has 2 atom stereocenters. The first-order valence-electron chi connectivity index (χ1n) is 3.34. The van der Waals surface area contributed by atoms with Gasteiger partial charge in [-0.25, -0.2) is 0 Å². The second-order valence-corrected chi connectivity index (χ2v) is 3.45. The van der Waals surface area contributed by atoms with Gasteiger partial charge in [0.2, 0.25) is 0 Å². The van der Waals surface area contributed by atoms with Crippen LogP contribution in [0.3, 0.4) is 0 Å². The highest BCUT2D eigenvalue weighted by atomic mass is 16.5. The number of rotatable bonds is 0. The van der Waals surface area contributed by atoms with Crippen LogP contribution in [0.25, 0.3) is 0 Å². The van der Waals surface area contributed by atoms with E-state index in [1.54, 1.807) is 0 Å². The lowest BCUT2D eigenvalue weighted by molar-refractivity contribution is 0.0430. The number of hydrogen-bond donors (Lipinski definition) is 1. The summed E-state index contributed by atoms with van der Waals surface area (Å²) in [5.74, 6) is 0. The largest absolute Gasteiger partial charge is 0.390 e. The van der Waals surface area contributed by atoms with Crippen LogP contribution in [-0.4, -0.2) is 23.9 Å². The SMILES string of the molecule is C[C@@H]1OCC(C)(C)[C@H]1O. The van der Waals surface area contributed by atoms with Gasteiger partial charge in [0, 0.05) is 5.41 Å². The lowest BCUT2D eigenvalue weighted by Crippen LogP contribution is -2.30. The number of hydrogen-bond acceptors (Lipinski definition) is 2. The van der Waals surface area contributed by atoms with Crippen molar-refractivity contribution in [3.63, 3.8) is 0 Å². The van der Waals surface area contributed by atoms with Crippen molar-refractivity contribution in [1.82, 2.24) is 0 Å². The Hall–Kier alpha value is -0.0800. The highest BCUT2D eigenvalue weighted by Crippen LogP contribution is 2.31. The van der Waals surface area contributed by atoms with E-state index < -0.39 is 0 Å². The van der Waals surface area contributed by atoms with Crippen molar-refractivity contribution in [2.75, 3.05) is 6.61 Å². The van der Waals surface area contributed by atoms with E-state index in [0.717, 1.165) is 0 Å². The molecule has 1 saturated heterocycles. The van der Waals surface area contributed by atoms with Gasteiger partial charge in [0.05, 0.1) is 18.8 Å². The standard InChI is InChI=1S/C7H14O2/c1-5-6(8)7(2,3)4-9-5/h5-6,8H,4H2,1-3H3/t5-,6-/m0/s1. The predicted molar refractivity (Wildman–Crippen MR) is 35.2 cm³/mol. The van der Waals surface area contributed by atoms with Crippen molar-refractivity contribution in [3.05, 3.63) is 0 Å². The Balaban J connectivity index is 2.62. The van der Waals surface area contributed by atoms with Gasteiger partial charge >= 0.3 is 0 Å². The van der Waals surface area contributed by atoms with E-state index in [4.69, 9.17) is 4.74 Å². The Labute approximate surface area is 55.8 Å². The predicted octanol–water partition coefficient (Wildman–Crippen LogP) is 0.792. The highest BCUT2D eigenvalue weighted by Gasteiger charge is 2.39. The van der Waals surface area contributed by atoms with Crippen LogP contribution in [0.1, 0.15) is 20.8 Å². The second kappa shape index (κ2) is 1.96. The summed E-state index contributed by atoms with van der Waals surface area (Å²) in [6.07, 6.45) is -0.280. The van der Waals surface area contributed by atoms with Crippen molar-refractivity contribution in [3.8, 4) is 0 Å². The van der Waals surface area contributed by atoms with E-state index in [9.17, 15) is 5.11 Å². The average molecular weight is 130 g/mol. The molecule has 0 aromatic carbocycles. The summed E-state index contributed by atoms with van der Waals surface area (Å²) in [6, 6.07) is 0. The van der Waals surface area contributed by atoms with Gasteiger partial charge in [-0.3, -0.25) is 0 Å². The third-order valence-electron chi connectivity index (χ3n) is 1.96. The summed E-state index contributed by atoms with van der Waals surface area (Å²) in [6.45, 7) is 6.61. The summed E-state index contributed by atoms with van der Waals surface area (Å²) in [7, 11) is 0. The molecule has 1 aliphatic rings. The fraction of sp³-hybridized carbons (Fsp3) is 1.00. The molecular formula is C7H14O2. The van der Waals surface area contributed by atoms with Crippen LogP contribution in [0.5, 0.6) is 0 Å². The van der Waals surface area contributed by atoms with Gasteiger partial charge in [0.1, 0.15) is 0 Å². The third kappa shape index (κ3) is 1.10. The molecule has 0 unspecified atom stereocenters. The summed E-state index contributed by atoms with van der Waals surface area (Å²) < 4.78 is 5.23. The van der Waals surface area contributed by atoms with Crippen molar-refractivity contribution >= 4 is 0 Å². The minimum atomic E-state index is -0.294. The summed E-state index contributed by atoms with van der Waals surface area (Å²) in [5, 5.41) is 9.40. The van der Waals surface area contributed by atoms with Crippen LogP contribution in [0.15, 0.2) is 0 Å². The van der Waals surface area contributed by atoms with Crippen LogP contribution in [0.4, 0.5) is 0 Å². The molecule has 0 spiro atoms. The smallest absolute Gasteiger partial charge is 0.0871 e. The lowest BCUT2D eigenvalue weighted by Gasteiger charge is -2.20. The third-order valence-corrected chi connectivity index (χ3v) is 1.96. The summed E-state index contributed by atoms with van der Waals surface area (Å²) >= 11 is 0. The first-order chi connectivity index (χ1) is 4.04. The maximum atomic E-state index is 9.40. The molecule has 2 heteroatoms. The van der Waals surface area contributed by atoms with E-state index in [1.807, 2.05) is 20.8 Å². The fourth-order valence-electron chi connectivity index (χ4n) is 1.16. The first-order valence-corrected chi connectivity index (χ1v) is 3.34. The lowest BCUT2D eigenvalue weighted by atomic mass is 9.88. The van der Waals surface area contributed by atoms with Gasteiger partial charge in [-0.1, -0.05) is 13.8 Å². The van der Waals surface area contributed by atoms with Crippen LogP contribution in [0.2, 0.25) is 0 Å². The molecule has 1 fully saturated rings. The van der Waals surface area contributed by atoms with Crippen molar-refractivity contribution in [1.29, 1.82) is 0 Å². The molecule has 0 aromatic heterocycles. The molecule has 54 valence electrons. The van der Waals surface area contributed by atoms with Gasteiger partial charge in [0.25, 0.3) is 0 Å². The molecule has 1 aliphatic heterocycles. The Morgan fingerprint density at radius 2 is 2.11 bits per heavy atom. The Morgan fingerprint density at radius 3 is 2.22 bits per heavy atom. The normalized spacial score (nSPS) is 41.3. The number of aliphatic hydroxyl groups excluding tert-OH is 1.